The van der Waals surface area contributed by atoms with Crippen LogP contribution < -0.4 is 10.1 Å². The molecule has 3 nitrogen and oxygen atoms in total. The van der Waals surface area contributed by atoms with Crippen LogP contribution in [0.25, 0.3) is 0 Å². The minimum atomic E-state index is 0.314. The second kappa shape index (κ2) is 4.42. The fourth-order valence-electron chi connectivity index (χ4n) is 2.16. The maximum absolute atomic E-state index is 5.39. The quantitative estimate of drug-likeness (QED) is 0.828. The van der Waals surface area contributed by atoms with E-state index in [2.05, 4.69) is 24.1 Å². The van der Waals surface area contributed by atoms with Crippen LogP contribution in [0.1, 0.15) is 38.4 Å². The molecule has 0 aromatic carbocycles. The Morgan fingerprint density at radius 2 is 2.31 bits per heavy atom. The zero-order valence-electron chi connectivity index (χ0n) is 10.3. The highest BCUT2D eigenvalue weighted by molar-refractivity contribution is 5.32. The monoisotopic (exact) mass is 220 g/mol. The lowest BCUT2D eigenvalue weighted by Crippen LogP contribution is -2.29. The molecule has 0 bridgehead atoms. The third kappa shape index (κ3) is 2.05. The summed E-state index contributed by atoms with van der Waals surface area (Å²) in [4.78, 5) is 4.49. The Bertz CT molecular complexity index is 361. The van der Waals surface area contributed by atoms with Gasteiger partial charge in [-0.1, -0.05) is 13.8 Å². The van der Waals surface area contributed by atoms with Crippen LogP contribution in [0.15, 0.2) is 18.3 Å². The minimum absolute atomic E-state index is 0.314. The number of nitrogens with one attached hydrogen (secondary N) is 1. The van der Waals surface area contributed by atoms with E-state index in [1.54, 1.807) is 7.11 Å². The van der Waals surface area contributed by atoms with Gasteiger partial charge in [0.05, 0.1) is 18.8 Å². The van der Waals surface area contributed by atoms with Crippen molar-refractivity contribution < 1.29 is 4.74 Å². The summed E-state index contributed by atoms with van der Waals surface area (Å²) in [7, 11) is 1.71. The normalized spacial score (nSPS) is 19.2. The lowest BCUT2D eigenvalue weighted by atomic mass is 9.94. The average Bonchev–Trinajstić information content (AvgIpc) is 3.05. The SMILES string of the molecule is CCNC(c1ncccc1OC)C1(C)CC1. The van der Waals surface area contributed by atoms with Crippen molar-refractivity contribution in [3.05, 3.63) is 24.0 Å². The minimum Gasteiger partial charge on any atom is -0.495 e. The van der Waals surface area contributed by atoms with E-state index in [0.29, 0.717) is 11.5 Å². The summed E-state index contributed by atoms with van der Waals surface area (Å²) in [6, 6.07) is 4.22. The van der Waals surface area contributed by atoms with Crippen molar-refractivity contribution in [1.29, 1.82) is 0 Å². The van der Waals surface area contributed by atoms with Gasteiger partial charge in [-0.15, -0.1) is 0 Å². The lowest BCUT2D eigenvalue weighted by molar-refractivity contribution is 0.339. The zero-order chi connectivity index (χ0) is 11.6. The van der Waals surface area contributed by atoms with E-state index < -0.39 is 0 Å². The molecular formula is C13H20N2O. The molecule has 1 aliphatic rings. The molecule has 88 valence electrons. The molecule has 0 radical (unpaired) electrons. The van der Waals surface area contributed by atoms with Crippen LogP contribution >= 0.6 is 0 Å². The lowest BCUT2D eigenvalue weighted by Gasteiger charge is -2.25. The standard InChI is InChI=1S/C13H20N2O/c1-4-14-12(13(2)7-8-13)11-10(16-3)6-5-9-15-11/h5-6,9,12,14H,4,7-8H2,1-3H3. The predicted octanol–water partition coefficient (Wildman–Crippen LogP) is 2.54. The number of hydrogen-bond acceptors (Lipinski definition) is 3. The van der Waals surface area contributed by atoms with Crippen molar-refractivity contribution in [2.45, 2.75) is 32.7 Å². The van der Waals surface area contributed by atoms with E-state index in [-0.39, 0.29) is 0 Å². The van der Waals surface area contributed by atoms with Crippen molar-refractivity contribution in [3.63, 3.8) is 0 Å². The first-order valence-corrected chi connectivity index (χ1v) is 5.93. The summed E-state index contributed by atoms with van der Waals surface area (Å²) in [5.41, 5.74) is 1.41. The predicted molar refractivity (Wildman–Crippen MR) is 64.5 cm³/mol. The summed E-state index contributed by atoms with van der Waals surface area (Å²) >= 11 is 0. The molecule has 1 unspecified atom stereocenters. The highest BCUT2D eigenvalue weighted by Crippen LogP contribution is 2.55. The maximum Gasteiger partial charge on any atom is 0.142 e. The van der Waals surface area contributed by atoms with Crippen LogP contribution in [0.2, 0.25) is 0 Å². The fourth-order valence-corrected chi connectivity index (χ4v) is 2.16. The van der Waals surface area contributed by atoms with Gasteiger partial charge >= 0.3 is 0 Å². The second-order valence-corrected chi connectivity index (χ2v) is 4.74. The van der Waals surface area contributed by atoms with Crippen LogP contribution in [0, 0.1) is 5.41 Å². The Kier molecular flexibility index (Phi) is 3.15. The van der Waals surface area contributed by atoms with Crippen LogP contribution in [-0.2, 0) is 0 Å². The molecule has 0 aliphatic heterocycles. The van der Waals surface area contributed by atoms with Crippen molar-refractivity contribution >= 4 is 0 Å². The Hall–Kier alpha value is -1.09. The van der Waals surface area contributed by atoms with E-state index in [0.717, 1.165) is 18.0 Å². The highest BCUT2D eigenvalue weighted by atomic mass is 16.5. The van der Waals surface area contributed by atoms with Gasteiger partial charge < -0.3 is 10.1 Å². The van der Waals surface area contributed by atoms with E-state index in [4.69, 9.17) is 4.74 Å². The van der Waals surface area contributed by atoms with Gasteiger partial charge in [0.1, 0.15) is 5.75 Å². The Morgan fingerprint density at radius 1 is 1.56 bits per heavy atom. The molecule has 0 amide bonds. The van der Waals surface area contributed by atoms with Gasteiger partial charge in [0, 0.05) is 6.20 Å². The molecule has 1 aromatic rings. The molecule has 0 saturated heterocycles. The van der Waals surface area contributed by atoms with Crippen molar-refractivity contribution in [2.75, 3.05) is 13.7 Å². The Labute approximate surface area is 97.2 Å². The molecule has 0 spiro atoms. The smallest absolute Gasteiger partial charge is 0.142 e. The molecule has 1 aliphatic carbocycles. The number of methoxy groups -OCH3 is 1. The van der Waals surface area contributed by atoms with E-state index in [1.807, 2.05) is 18.3 Å². The maximum atomic E-state index is 5.39. The summed E-state index contributed by atoms with van der Waals surface area (Å²) in [6.07, 6.45) is 4.38. The molecule has 16 heavy (non-hydrogen) atoms. The first-order valence-electron chi connectivity index (χ1n) is 5.93. The largest absolute Gasteiger partial charge is 0.495 e. The zero-order valence-corrected chi connectivity index (χ0v) is 10.3. The fraction of sp³-hybridized carbons (Fsp3) is 0.615. The van der Waals surface area contributed by atoms with Gasteiger partial charge in [0.15, 0.2) is 0 Å². The van der Waals surface area contributed by atoms with E-state index >= 15 is 0 Å². The van der Waals surface area contributed by atoms with Gasteiger partial charge in [-0.05, 0) is 36.9 Å². The van der Waals surface area contributed by atoms with E-state index in [9.17, 15) is 0 Å². The topological polar surface area (TPSA) is 34.2 Å². The van der Waals surface area contributed by atoms with Gasteiger partial charge in [-0.3, -0.25) is 4.98 Å². The van der Waals surface area contributed by atoms with Gasteiger partial charge in [0.2, 0.25) is 0 Å². The van der Waals surface area contributed by atoms with Crippen LogP contribution in [-0.4, -0.2) is 18.6 Å². The summed E-state index contributed by atoms with van der Waals surface area (Å²) in [5.74, 6) is 0.890. The van der Waals surface area contributed by atoms with Gasteiger partial charge in [0.25, 0.3) is 0 Å². The number of hydrogen-bond donors (Lipinski definition) is 1. The summed E-state index contributed by atoms with van der Waals surface area (Å²) < 4.78 is 5.39. The number of ether oxygens (including phenoxy) is 1. The number of nitrogens with zero attached hydrogens (tertiary/aromatic N) is 1. The first kappa shape index (κ1) is 11.4. The molecule has 1 N–H and O–H groups in total. The molecule has 1 heterocycles. The van der Waals surface area contributed by atoms with Crippen LogP contribution in [0.3, 0.4) is 0 Å². The van der Waals surface area contributed by atoms with Crippen molar-refractivity contribution in [2.24, 2.45) is 5.41 Å². The summed E-state index contributed by atoms with van der Waals surface area (Å²) in [5, 5.41) is 3.53. The van der Waals surface area contributed by atoms with Crippen LogP contribution in [0.5, 0.6) is 5.75 Å². The van der Waals surface area contributed by atoms with Crippen LogP contribution in [0.4, 0.5) is 0 Å². The van der Waals surface area contributed by atoms with E-state index in [1.165, 1.54) is 12.8 Å². The first-order chi connectivity index (χ1) is 7.71. The molecule has 3 heteroatoms. The molecule has 2 rings (SSSR count). The third-order valence-corrected chi connectivity index (χ3v) is 3.44. The second-order valence-electron chi connectivity index (χ2n) is 4.74. The van der Waals surface area contributed by atoms with Gasteiger partial charge in [-0.25, -0.2) is 0 Å². The highest BCUT2D eigenvalue weighted by Gasteiger charge is 2.46. The summed E-state index contributed by atoms with van der Waals surface area (Å²) in [6.45, 7) is 5.41. The number of pyridine rings is 1. The average molecular weight is 220 g/mol. The number of aromatic nitrogens is 1. The molecule has 1 fully saturated rings. The third-order valence-electron chi connectivity index (χ3n) is 3.44. The molecule has 1 saturated carbocycles. The van der Waals surface area contributed by atoms with Crippen molar-refractivity contribution in [3.8, 4) is 5.75 Å². The Balaban J connectivity index is 2.31. The van der Waals surface area contributed by atoms with Crippen molar-refractivity contribution in [1.82, 2.24) is 10.3 Å². The molecular weight excluding hydrogens is 200 g/mol. The Morgan fingerprint density at radius 3 is 2.88 bits per heavy atom. The number of rotatable bonds is 5. The molecule has 1 atom stereocenters. The van der Waals surface area contributed by atoms with Gasteiger partial charge in [-0.2, -0.15) is 0 Å². The molecule has 1 aromatic heterocycles.